The average molecular weight is 272 g/mol. The van der Waals surface area contributed by atoms with Gasteiger partial charge in [-0.2, -0.15) is 17.0 Å². The number of nitriles is 1. The maximum Gasteiger partial charge on any atom is 0.104 e. The summed E-state index contributed by atoms with van der Waals surface area (Å²) in [5.74, 6) is 2.36. The van der Waals surface area contributed by atoms with Crippen LogP contribution in [0, 0.1) is 11.3 Å². The summed E-state index contributed by atoms with van der Waals surface area (Å²) in [6, 6.07) is 2.75. The van der Waals surface area contributed by atoms with Crippen molar-refractivity contribution in [3.63, 3.8) is 0 Å². The summed E-state index contributed by atoms with van der Waals surface area (Å²) in [5, 5.41) is 12.5. The van der Waals surface area contributed by atoms with Crippen LogP contribution in [0.3, 0.4) is 0 Å². The second-order valence-electron chi connectivity index (χ2n) is 5.16. The molecule has 3 nitrogen and oxygen atoms in total. The highest BCUT2D eigenvalue weighted by molar-refractivity contribution is 7.99. The van der Waals surface area contributed by atoms with Gasteiger partial charge in [-0.15, -0.1) is 0 Å². The molecule has 18 heavy (non-hydrogen) atoms. The number of unbranched alkanes of at least 4 members (excludes halogenated alkanes) is 1. The molecule has 0 aliphatic heterocycles. The molecule has 4 heteroatoms. The number of hydrogen-bond acceptors (Lipinski definition) is 4. The summed E-state index contributed by atoms with van der Waals surface area (Å²) in [6.07, 6.45) is 4.36. The van der Waals surface area contributed by atoms with Crippen LogP contribution in [-0.2, 0) is 4.74 Å². The van der Waals surface area contributed by atoms with Crippen molar-refractivity contribution in [1.29, 1.82) is 5.26 Å². The molecule has 0 fully saturated rings. The van der Waals surface area contributed by atoms with E-state index in [-0.39, 0.29) is 5.54 Å². The van der Waals surface area contributed by atoms with Crippen molar-refractivity contribution in [1.82, 2.24) is 5.32 Å². The number of thioether (sulfide) groups is 1. The van der Waals surface area contributed by atoms with Gasteiger partial charge in [0.1, 0.15) is 5.54 Å². The fourth-order valence-electron chi connectivity index (χ4n) is 1.89. The molecular formula is C14H28N2OS. The third kappa shape index (κ3) is 9.76. The molecule has 0 saturated carbocycles. The predicted molar refractivity (Wildman–Crippen MR) is 80.0 cm³/mol. The molecule has 0 heterocycles. The smallest absolute Gasteiger partial charge is 0.104 e. The molecule has 1 N–H and O–H groups in total. The van der Waals surface area contributed by atoms with Crippen molar-refractivity contribution in [3.05, 3.63) is 0 Å². The number of rotatable bonds is 11. The monoisotopic (exact) mass is 272 g/mol. The van der Waals surface area contributed by atoms with E-state index in [1.165, 1.54) is 17.9 Å². The summed E-state index contributed by atoms with van der Waals surface area (Å²) in [6.45, 7) is 7.03. The first-order chi connectivity index (χ1) is 8.54. The first kappa shape index (κ1) is 17.8. The van der Waals surface area contributed by atoms with Crippen LogP contribution in [0.4, 0.5) is 0 Å². The predicted octanol–water partition coefficient (Wildman–Crippen LogP) is 3.21. The molecule has 0 aromatic heterocycles. The highest BCUT2D eigenvalue weighted by atomic mass is 32.2. The Hall–Kier alpha value is -0.240. The van der Waals surface area contributed by atoms with E-state index in [4.69, 9.17) is 4.74 Å². The number of methoxy groups -OCH3 is 1. The third-order valence-electron chi connectivity index (χ3n) is 2.71. The topological polar surface area (TPSA) is 45.0 Å². The minimum absolute atomic E-state index is 0.359. The van der Waals surface area contributed by atoms with Crippen LogP contribution in [0.5, 0.6) is 0 Å². The quantitative estimate of drug-likeness (QED) is 0.587. The van der Waals surface area contributed by atoms with E-state index in [1.807, 2.05) is 18.7 Å². The molecule has 0 saturated heterocycles. The molecule has 0 bridgehead atoms. The molecule has 0 aromatic rings. The Balaban J connectivity index is 3.54. The lowest BCUT2D eigenvalue weighted by molar-refractivity contribution is 0.200. The van der Waals surface area contributed by atoms with Crippen LogP contribution >= 0.6 is 11.8 Å². The van der Waals surface area contributed by atoms with Gasteiger partial charge in [0.2, 0.25) is 0 Å². The lowest BCUT2D eigenvalue weighted by Gasteiger charge is -2.25. The molecule has 0 amide bonds. The third-order valence-corrected chi connectivity index (χ3v) is 3.86. The van der Waals surface area contributed by atoms with Crippen molar-refractivity contribution in [3.8, 4) is 6.07 Å². The van der Waals surface area contributed by atoms with E-state index in [1.54, 1.807) is 7.11 Å². The SMILES string of the molecule is COCCCSCCCCC(C)(C#N)NC(C)C. The Morgan fingerprint density at radius 2 is 1.94 bits per heavy atom. The highest BCUT2D eigenvalue weighted by Crippen LogP contribution is 2.16. The summed E-state index contributed by atoms with van der Waals surface area (Å²) >= 11 is 1.98. The number of nitrogens with zero attached hydrogens (tertiary/aromatic N) is 1. The normalized spacial score (nSPS) is 14.4. The van der Waals surface area contributed by atoms with Crippen molar-refractivity contribution in [2.45, 2.75) is 58.0 Å². The molecule has 0 aliphatic rings. The lowest BCUT2D eigenvalue weighted by atomic mass is 9.96. The van der Waals surface area contributed by atoms with Crippen molar-refractivity contribution >= 4 is 11.8 Å². The van der Waals surface area contributed by atoms with E-state index in [9.17, 15) is 5.26 Å². The van der Waals surface area contributed by atoms with E-state index < -0.39 is 0 Å². The zero-order valence-electron chi connectivity index (χ0n) is 12.3. The maximum atomic E-state index is 9.20. The van der Waals surface area contributed by atoms with Crippen LogP contribution in [0.15, 0.2) is 0 Å². The van der Waals surface area contributed by atoms with Gasteiger partial charge in [-0.3, -0.25) is 5.32 Å². The first-order valence-electron chi connectivity index (χ1n) is 6.79. The Kier molecular flexibility index (Phi) is 10.5. The summed E-state index contributed by atoms with van der Waals surface area (Å²) < 4.78 is 5.01. The van der Waals surface area contributed by atoms with Crippen molar-refractivity contribution in [2.75, 3.05) is 25.2 Å². The number of hydrogen-bond donors (Lipinski definition) is 1. The minimum Gasteiger partial charge on any atom is -0.385 e. The highest BCUT2D eigenvalue weighted by Gasteiger charge is 2.23. The molecule has 0 radical (unpaired) electrons. The van der Waals surface area contributed by atoms with Gasteiger partial charge in [-0.05, 0) is 58.0 Å². The van der Waals surface area contributed by atoms with Gasteiger partial charge < -0.3 is 4.74 Å². The zero-order chi connectivity index (χ0) is 13.9. The molecule has 0 rings (SSSR count). The van der Waals surface area contributed by atoms with Crippen LogP contribution in [-0.4, -0.2) is 36.8 Å². The summed E-state index contributed by atoms with van der Waals surface area (Å²) in [4.78, 5) is 0. The van der Waals surface area contributed by atoms with Crippen LogP contribution in [0.1, 0.15) is 46.5 Å². The maximum absolute atomic E-state index is 9.20. The molecule has 0 aliphatic carbocycles. The van der Waals surface area contributed by atoms with Gasteiger partial charge in [0, 0.05) is 19.8 Å². The van der Waals surface area contributed by atoms with E-state index in [2.05, 4.69) is 25.2 Å². The van der Waals surface area contributed by atoms with Crippen LogP contribution in [0.2, 0.25) is 0 Å². The van der Waals surface area contributed by atoms with Gasteiger partial charge in [0.15, 0.2) is 0 Å². The van der Waals surface area contributed by atoms with E-state index in [0.717, 1.165) is 25.9 Å². The van der Waals surface area contributed by atoms with Gasteiger partial charge in [-0.25, -0.2) is 0 Å². The molecule has 1 unspecified atom stereocenters. The minimum atomic E-state index is -0.366. The van der Waals surface area contributed by atoms with Crippen molar-refractivity contribution < 1.29 is 4.74 Å². The fraction of sp³-hybridized carbons (Fsp3) is 0.929. The second-order valence-corrected chi connectivity index (χ2v) is 6.38. The fourth-order valence-corrected chi connectivity index (χ4v) is 2.82. The van der Waals surface area contributed by atoms with Crippen molar-refractivity contribution in [2.24, 2.45) is 0 Å². The van der Waals surface area contributed by atoms with Gasteiger partial charge in [0.05, 0.1) is 6.07 Å². The molecular weight excluding hydrogens is 244 g/mol. The molecule has 0 aromatic carbocycles. The zero-order valence-corrected chi connectivity index (χ0v) is 13.1. The Morgan fingerprint density at radius 1 is 1.28 bits per heavy atom. The van der Waals surface area contributed by atoms with E-state index in [0.29, 0.717) is 6.04 Å². The first-order valence-corrected chi connectivity index (χ1v) is 7.95. The Labute approximate surface area is 117 Å². The summed E-state index contributed by atoms with van der Waals surface area (Å²) in [5.41, 5.74) is -0.366. The average Bonchev–Trinajstić information content (AvgIpc) is 2.32. The molecule has 0 spiro atoms. The standard InChI is InChI=1S/C14H28N2OS/c1-13(2)16-14(3,12-15)8-5-6-10-18-11-7-9-17-4/h13,16H,5-11H2,1-4H3. The lowest BCUT2D eigenvalue weighted by Crippen LogP contribution is -2.44. The molecule has 106 valence electrons. The summed E-state index contributed by atoms with van der Waals surface area (Å²) in [7, 11) is 1.75. The molecule has 1 atom stereocenters. The number of ether oxygens (including phenoxy) is 1. The Bertz CT molecular complexity index is 240. The second kappa shape index (κ2) is 10.7. The number of nitrogens with one attached hydrogen (secondary N) is 1. The van der Waals surface area contributed by atoms with Gasteiger partial charge >= 0.3 is 0 Å². The Morgan fingerprint density at radius 3 is 2.50 bits per heavy atom. The van der Waals surface area contributed by atoms with Crippen LogP contribution in [0.25, 0.3) is 0 Å². The van der Waals surface area contributed by atoms with Gasteiger partial charge in [0.25, 0.3) is 0 Å². The van der Waals surface area contributed by atoms with Crippen LogP contribution < -0.4 is 5.32 Å². The van der Waals surface area contributed by atoms with E-state index >= 15 is 0 Å². The largest absolute Gasteiger partial charge is 0.385 e. The van der Waals surface area contributed by atoms with Gasteiger partial charge in [-0.1, -0.05) is 0 Å².